The van der Waals surface area contributed by atoms with E-state index in [0.717, 1.165) is 16.5 Å². The van der Waals surface area contributed by atoms with Crippen LogP contribution in [0.2, 0.25) is 0 Å². The largest absolute Gasteiger partial charge is 0.480 e. The molecule has 98 valence electrons. The molecule has 1 heterocycles. The average molecular weight is 258 g/mol. The van der Waals surface area contributed by atoms with Crippen molar-refractivity contribution in [1.29, 1.82) is 0 Å². The van der Waals surface area contributed by atoms with Crippen LogP contribution in [0.1, 0.15) is 28.9 Å². The van der Waals surface area contributed by atoms with Crippen molar-refractivity contribution in [3.8, 4) is 0 Å². The quantitative estimate of drug-likeness (QED) is 0.785. The standard InChI is InChI=1S/C14H14N2O3/c1-8-2-3-9-7-11(15-10(9)6-8)12(17)16-14(4-5-14)13(18)19/h2-3,6-7,15H,4-5H2,1H3,(H,16,17)(H,18,19). The van der Waals surface area contributed by atoms with Crippen LogP contribution in [0.5, 0.6) is 0 Å². The van der Waals surface area contributed by atoms with Crippen molar-refractivity contribution in [2.24, 2.45) is 0 Å². The first-order valence-electron chi connectivity index (χ1n) is 6.15. The lowest BCUT2D eigenvalue weighted by Gasteiger charge is -2.11. The summed E-state index contributed by atoms with van der Waals surface area (Å²) in [5.41, 5.74) is 1.33. The van der Waals surface area contributed by atoms with Crippen LogP contribution in [-0.4, -0.2) is 27.5 Å². The molecule has 0 saturated heterocycles. The third-order valence-electron chi connectivity index (χ3n) is 3.53. The Hall–Kier alpha value is -2.30. The zero-order valence-electron chi connectivity index (χ0n) is 10.5. The first-order valence-corrected chi connectivity index (χ1v) is 6.15. The Balaban J connectivity index is 1.88. The smallest absolute Gasteiger partial charge is 0.329 e. The number of fused-ring (bicyclic) bond motifs is 1. The van der Waals surface area contributed by atoms with Gasteiger partial charge in [-0.25, -0.2) is 4.79 Å². The Morgan fingerprint density at radius 2 is 2.05 bits per heavy atom. The molecule has 0 spiro atoms. The van der Waals surface area contributed by atoms with Crippen molar-refractivity contribution in [2.75, 3.05) is 0 Å². The number of nitrogens with one attached hydrogen (secondary N) is 2. The maximum atomic E-state index is 12.1. The molecule has 1 aliphatic carbocycles. The molecule has 0 bridgehead atoms. The molecular formula is C14H14N2O3. The van der Waals surface area contributed by atoms with Gasteiger partial charge in [0.25, 0.3) is 5.91 Å². The van der Waals surface area contributed by atoms with Gasteiger partial charge in [-0.1, -0.05) is 12.1 Å². The fraction of sp³-hybridized carbons (Fsp3) is 0.286. The molecule has 0 unspecified atom stereocenters. The van der Waals surface area contributed by atoms with Crippen molar-refractivity contribution in [3.05, 3.63) is 35.5 Å². The van der Waals surface area contributed by atoms with Crippen LogP contribution in [0.15, 0.2) is 24.3 Å². The number of carbonyl (C=O) groups excluding carboxylic acids is 1. The average Bonchev–Trinajstić information content (AvgIpc) is 3.01. The molecule has 3 rings (SSSR count). The maximum absolute atomic E-state index is 12.1. The van der Waals surface area contributed by atoms with Gasteiger partial charge in [-0.15, -0.1) is 0 Å². The molecule has 1 amide bonds. The number of hydrogen-bond acceptors (Lipinski definition) is 2. The minimum Gasteiger partial charge on any atom is -0.480 e. The van der Waals surface area contributed by atoms with Gasteiger partial charge in [-0.05, 0) is 37.5 Å². The molecule has 5 heteroatoms. The van der Waals surface area contributed by atoms with Crippen LogP contribution < -0.4 is 5.32 Å². The van der Waals surface area contributed by atoms with Gasteiger partial charge in [-0.3, -0.25) is 4.79 Å². The van der Waals surface area contributed by atoms with Crippen molar-refractivity contribution in [2.45, 2.75) is 25.3 Å². The van der Waals surface area contributed by atoms with Crippen molar-refractivity contribution >= 4 is 22.8 Å². The van der Waals surface area contributed by atoms with E-state index in [1.54, 1.807) is 6.07 Å². The Kier molecular flexibility index (Phi) is 2.38. The van der Waals surface area contributed by atoms with E-state index in [1.807, 2.05) is 25.1 Å². The van der Waals surface area contributed by atoms with Crippen LogP contribution >= 0.6 is 0 Å². The first kappa shape index (κ1) is 11.8. The van der Waals surface area contributed by atoms with Crippen LogP contribution in [0, 0.1) is 6.92 Å². The normalized spacial score (nSPS) is 16.3. The lowest BCUT2D eigenvalue weighted by Crippen LogP contribution is -2.43. The molecule has 1 saturated carbocycles. The highest BCUT2D eigenvalue weighted by Gasteiger charge is 2.51. The molecule has 0 aliphatic heterocycles. The third-order valence-corrected chi connectivity index (χ3v) is 3.53. The summed E-state index contributed by atoms with van der Waals surface area (Å²) in [4.78, 5) is 26.1. The second-order valence-corrected chi connectivity index (χ2v) is 5.12. The summed E-state index contributed by atoms with van der Waals surface area (Å²) in [6.07, 6.45) is 0.987. The van der Waals surface area contributed by atoms with E-state index in [2.05, 4.69) is 10.3 Å². The second kappa shape index (κ2) is 3.85. The van der Waals surface area contributed by atoms with E-state index in [4.69, 9.17) is 5.11 Å². The molecule has 0 radical (unpaired) electrons. The fourth-order valence-electron chi connectivity index (χ4n) is 2.17. The number of aromatic nitrogens is 1. The van der Waals surface area contributed by atoms with E-state index in [1.165, 1.54) is 0 Å². The highest BCUT2D eigenvalue weighted by atomic mass is 16.4. The monoisotopic (exact) mass is 258 g/mol. The molecule has 1 aromatic heterocycles. The third kappa shape index (κ3) is 1.97. The lowest BCUT2D eigenvalue weighted by molar-refractivity contribution is -0.140. The Labute approximate surface area is 109 Å². The molecule has 1 aromatic carbocycles. The number of benzene rings is 1. The van der Waals surface area contributed by atoms with Crippen LogP contribution in [-0.2, 0) is 4.79 Å². The van der Waals surface area contributed by atoms with E-state index < -0.39 is 11.5 Å². The van der Waals surface area contributed by atoms with Crippen molar-refractivity contribution in [1.82, 2.24) is 10.3 Å². The summed E-state index contributed by atoms with van der Waals surface area (Å²) in [5, 5.41) is 12.6. The Bertz CT molecular complexity index is 683. The van der Waals surface area contributed by atoms with Gasteiger partial charge >= 0.3 is 5.97 Å². The van der Waals surface area contributed by atoms with Gasteiger partial charge in [0.05, 0.1) is 0 Å². The molecule has 2 aromatic rings. The van der Waals surface area contributed by atoms with Crippen LogP contribution in [0.4, 0.5) is 0 Å². The number of rotatable bonds is 3. The number of hydrogen-bond donors (Lipinski definition) is 3. The predicted octanol–water partition coefficient (Wildman–Crippen LogP) is 1.82. The van der Waals surface area contributed by atoms with Crippen molar-refractivity contribution < 1.29 is 14.7 Å². The summed E-state index contributed by atoms with van der Waals surface area (Å²) >= 11 is 0. The SMILES string of the molecule is Cc1ccc2cc(C(=O)NC3(C(=O)O)CC3)[nH]c2c1. The predicted molar refractivity (Wildman–Crippen MR) is 70.1 cm³/mol. The summed E-state index contributed by atoms with van der Waals surface area (Å²) < 4.78 is 0. The topological polar surface area (TPSA) is 82.2 Å². The summed E-state index contributed by atoms with van der Waals surface area (Å²) in [6.45, 7) is 1.98. The first-order chi connectivity index (χ1) is 9.00. The number of carboxylic acid groups (broad SMARTS) is 1. The number of H-pyrrole nitrogens is 1. The van der Waals surface area contributed by atoms with E-state index in [0.29, 0.717) is 18.5 Å². The fourth-order valence-corrected chi connectivity index (χ4v) is 2.17. The molecule has 1 aliphatic rings. The summed E-state index contributed by atoms with van der Waals surface area (Å²) in [6, 6.07) is 7.60. The molecular weight excluding hydrogens is 244 g/mol. The zero-order valence-corrected chi connectivity index (χ0v) is 10.5. The van der Waals surface area contributed by atoms with Gasteiger partial charge in [0.15, 0.2) is 0 Å². The Morgan fingerprint density at radius 3 is 2.68 bits per heavy atom. The van der Waals surface area contributed by atoms with E-state index >= 15 is 0 Å². The highest BCUT2D eigenvalue weighted by molar-refractivity contribution is 6.01. The van der Waals surface area contributed by atoms with E-state index in [-0.39, 0.29) is 5.91 Å². The van der Waals surface area contributed by atoms with Crippen LogP contribution in [0.3, 0.4) is 0 Å². The molecule has 0 atom stereocenters. The number of aliphatic carboxylic acids is 1. The maximum Gasteiger partial charge on any atom is 0.329 e. The van der Waals surface area contributed by atoms with Gasteiger partial charge in [0.2, 0.25) is 0 Å². The molecule has 3 N–H and O–H groups in total. The number of carboxylic acids is 1. The number of aromatic amines is 1. The van der Waals surface area contributed by atoms with Gasteiger partial charge < -0.3 is 15.4 Å². The highest BCUT2D eigenvalue weighted by Crippen LogP contribution is 2.35. The number of carbonyl (C=O) groups is 2. The van der Waals surface area contributed by atoms with Gasteiger partial charge in [0.1, 0.15) is 11.2 Å². The molecule has 1 fully saturated rings. The number of amides is 1. The minimum atomic E-state index is -1.05. The molecule has 5 nitrogen and oxygen atoms in total. The van der Waals surface area contributed by atoms with E-state index in [9.17, 15) is 9.59 Å². The minimum absolute atomic E-state index is 0.367. The summed E-state index contributed by atoms with van der Waals surface area (Å²) in [5.74, 6) is -1.33. The molecule has 19 heavy (non-hydrogen) atoms. The number of aryl methyl sites for hydroxylation is 1. The second-order valence-electron chi connectivity index (χ2n) is 5.12. The Morgan fingerprint density at radius 1 is 1.32 bits per heavy atom. The lowest BCUT2D eigenvalue weighted by atomic mass is 10.2. The van der Waals surface area contributed by atoms with Crippen LogP contribution in [0.25, 0.3) is 10.9 Å². The van der Waals surface area contributed by atoms with Gasteiger partial charge in [-0.2, -0.15) is 0 Å². The van der Waals surface area contributed by atoms with Crippen molar-refractivity contribution in [3.63, 3.8) is 0 Å². The summed E-state index contributed by atoms with van der Waals surface area (Å²) in [7, 11) is 0. The zero-order chi connectivity index (χ0) is 13.6. The van der Waals surface area contributed by atoms with Gasteiger partial charge in [0, 0.05) is 10.9 Å².